The van der Waals surface area contributed by atoms with Crippen molar-refractivity contribution in [2.45, 2.75) is 37.8 Å². The molecule has 4 nitrogen and oxygen atoms in total. The summed E-state index contributed by atoms with van der Waals surface area (Å²) in [5.41, 5.74) is 7.19. The third kappa shape index (κ3) is 2.53. The van der Waals surface area contributed by atoms with Crippen molar-refractivity contribution >= 4 is 16.5 Å². The lowest BCUT2D eigenvalue weighted by molar-refractivity contribution is 0.0683. The maximum atomic E-state index is 5.86. The highest BCUT2D eigenvalue weighted by atomic mass is 32.1. The lowest BCUT2D eigenvalue weighted by atomic mass is 9.75. The Morgan fingerprint density at radius 1 is 1.44 bits per heavy atom. The first-order valence-electron chi connectivity index (χ1n) is 6.54. The number of nitrogens with zero attached hydrogens (tertiary/aromatic N) is 3. The molecule has 0 spiro atoms. The van der Waals surface area contributed by atoms with Gasteiger partial charge in [-0.15, -0.1) is 11.3 Å². The normalized spacial score (nSPS) is 19.7. The predicted octanol–water partition coefficient (Wildman–Crippen LogP) is 2.08. The van der Waals surface area contributed by atoms with Crippen molar-refractivity contribution in [3.8, 4) is 0 Å². The van der Waals surface area contributed by atoms with E-state index in [0.29, 0.717) is 5.54 Å². The van der Waals surface area contributed by atoms with Crippen LogP contribution in [-0.2, 0) is 0 Å². The zero-order valence-electron chi connectivity index (χ0n) is 11.8. The van der Waals surface area contributed by atoms with Crippen molar-refractivity contribution < 1.29 is 0 Å². The van der Waals surface area contributed by atoms with E-state index >= 15 is 0 Å². The third-order valence-electron chi connectivity index (χ3n) is 4.07. The van der Waals surface area contributed by atoms with Gasteiger partial charge < -0.3 is 15.5 Å². The highest BCUT2D eigenvalue weighted by Crippen LogP contribution is 2.37. The smallest absolute Gasteiger partial charge is 0.185 e. The number of likely N-dealkylation sites (N-methyl/N-ethyl adjacent to an activating group) is 2. The van der Waals surface area contributed by atoms with Gasteiger partial charge in [-0.3, -0.25) is 0 Å². The Balaban J connectivity index is 2.04. The number of aromatic nitrogens is 1. The first-order chi connectivity index (χ1) is 8.44. The number of rotatable bonds is 5. The summed E-state index contributed by atoms with van der Waals surface area (Å²) in [6, 6.07) is 0.0231. The zero-order chi connectivity index (χ0) is 13.3. The molecular weight excluding hydrogens is 244 g/mol. The van der Waals surface area contributed by atoms with Gasteiger partial charge in [0.15, 0.2) is 5.13 Å². The molecule has 1 unspecified atom stereocenters. The Labute approximate surface area is 114 Å². The Hall–Kier alpha value is -0.650. The molecule has 0 radical (unpaired) electrons. The van der Waals surface area contributed by atoms with Crippen LogP contribution in [0.3, 0.4) is 0 Å². The quantitative estimate of drug-likeness (QED) is 0.888. The fourth-order valence-electron chi connectivity index (χ4n) is 2.50. The molecular formula is C13H24N4S. The van der Waals surface area contributed by atoms with Crippen molar-refractivity contribution in [3.05, 3.63) is 11.1 Å². The van der Waals surface area contributed by atoms with Gasteiger partial charge in [-0.1, -0.05) is 0 Å². The van der Waals surface area contributed by atoms with E-state index < -0.39 is 0 Å². The number of hydrogen-bond acceptors (Lipinski definition) is 5. The van der Waals surface area contributed by atoms with Crippen LogP contribution in [0.4, 0.5) is 5.13 Å². The SMILES string of the molecule is CC(N)c1csc(N(C)CC2(N(C)C)CCC2)n1. The van der Waals surface area contributed by atoms with Crippen LogP contribution in [0.2, 0.25) is 0 Å². The molecule has 2 rings (SSSR count). The van der Waals surface area contributed by atoms with Gasteiger partial charge in [-0.25, -0.2) is 4.98 Å². The lowest BCUT2D eigenvalue weighted by Gasteiger charge is -2.49. The van der Waals surface area contributed by atoms with Gasteiger partial charge in [0.05, 0.1) is 5.69 Å². The second-order valence-electron chi connectivity index (χ2n) is 5.67. The summed E-state index contributed by atoms with van der Waals surface area (Å²) in [6.07, 6.45) is 3.92. The molecule has 102 valence electrons. The summed E-state index contributed by atoms with van der Waals surface area (Å²) in [5, 5.41) is 3.15. The molecule has 1 aliphatic carbocycles. The molecule has 0 amide bonds. The molecule has 1 heterocycles. The largest absolute Gasteiger partial charge is 0.349 e. The molecule has 0 saturated heterocycles. The maximum Gasteiger partial charge on any atom is 0.185 e. The van der Waals surface area contributed by atoms with Gasteiger partial charge in [0.25, 0.3) is 0 Å². The molecule has 18 heavy (non-hydrogen) atoms. The number of thiazole rings is 1. The second kappa shape index (κ2) is 5.15. The third-order valence-corrected chi connectivity index (χ3v) is 5.04. The second-order valence-corrected chi connectivity index (χ2v) is 6.51. The first kappa shape index (κ1) is 13.8. The van der Waals surface area contributed by atoms with Crippen LogP contribution < -0.4 is 10.6 Å². The summed E-state index contributed by atoms with van der Waals surface area (Å²) in [4.78, 5) is 9.25. The molecule has 1 aromatic rings. The number of nitrogens with two attached hydrogens (primary N) is 1. The average Bonchev–Trinajstić information content (AvgIpc) is 2.71. The van der Waals surface area contributed by atoms with Crippen molar-refractivity contribution in [1.82, 2.24) is 9.88 Å². The molecule has 1 aromatic heterocycles. The van der Waals surface area contributed by atoms with Gasteiger partial charge in [0, 0.05) is 30.6 Å². The van der Waals surface area contributed by atoms with Crippen molar-refractivity contribution in [2.75, 3.05) is 32.6 Å². The Bertz CT molecular complexity index is 395. The van der Waals surface area contributed by atoms with Crippen LogP contribution in [0, 0.1) is 0 Å². The van der Waals surface area contributed by atoms with Gasteiger partial charge >= 0.3 is 0 Å². The fourth-order valence-corrected chi connectivity index (χ4v) is 3.40. The highest BCUT2D eigenvalue weighted by molar-refractivity contribution is 7.13. The van der Waals surface area contributed by atoms with E-state index in [1.807, 2.05) is 6.92 Å². The highest BCUT2D eigenvalue weighted by Gasteiger charge is 2.40. The van der Waals surface area contributed by atoms with Crippen LogP contribution in [-0.4, -0.2) is 43.1 Å². The molecule has 1 saturated carbocycles. The van der Waals surface area contributed by atoms with E-state index in [1.54, 1.807) is 11.3 Å². The monoisotopic (exact) mass is 268 g/mol. The molecule has 5 heteroatoms. The van der Waals surface area contributed by atoms with E-state index in [9.17, 15) is 0 Å². The summed E-state index contributed by atoms with van der Waals surface area (Å²) in [5.74, 6) is 0. The van der Waals surface area contributed by atoms with Crippen LogP contribution in [0.15, 0.2) is 5.38 Å². The number of hydrogen-bond donors (Lipinski definition) is 1. The van der Waals surface area contributed by atoms with Crippen LogP contribution in [0.1, 0.15) is 37.9 Å². The minimum atomic E-state index is 0.0231. The topological polar surface area (TPSA) is 45.4 Å². The van der Waals surface area contributed by atoms with E-state index in [0.717, 1.165) is 17.4 Å². The average molecular weight is 268 g/mol. The van der Waals surface area contributed by atoms with E-state index in [4.69, 9.17) is 5.73 Å². The predicted molar refractivity (Wildman–Crippen MR) is 78.3 cm³/mol. The Morgan fingerprint density at radius 3 is 2.50 bits per heavy atom. The first-order valence-corrected chi connectivity index (χ1v) is 7.42. The number of anilines is 1. The van der Waals surface area contributed by atoms with E-state index in [-0.39, 0.29) is 6.04 Å². The van der Waals surface area contributed by atoms with Crippen molar-refractivity contribution in [1.29, 1.82) is 0 Å². The Morgan fingerprint density at radius 2 is 2.11 bits per heavy atom. The molecule has 0 aromatic carbocycles. The van der Waals surface area contributed by atoms with Crippen molar-refractivity contribution in [3.63, 3.8) is 0 Å². The van der Waals surface area contributed by atoms with Gasteiger partial charge in [-0.2, -0.15) is 0 Å². The lowest BCUT2D eigenvalue weighted by Crippen LogP contribution is -2.56. The summed E-state index contributed by atoms with van der Waals surface area (Å²) in [7, 11) is 6.50. The molecule has 0 aliphatic heterocycles. The van der Waals surface area contributed by atoms with Crippen LogP contribution in [0.25, 0.3) is 0 Å². The molecule has 0 bridgehead atoms. The molecule has 1 atom stereocenters. The summed E-state index contributed by atoms with van der Waals surface area (Å²) < 4.78 is 0. The maximum absolute atomic E-state index is 5.86. The minimum absolute atomic E-state index is 0.0231. The minimum Gasteiger partial charge on any atom is -0.349 e. The van der Waals surface area contributed by atoms with Crippen LogP contribution >= 0.6 is 11.3 Å². The zero-order valence-corrected chi connectivity index (χ0v) is 12.6. The summed E-state index contributed by atoms with van der Waals surface area (Å²) in [6.45, 7) is 3.03. The van der Waals surface area contributed by atoms with Gasteiger partial charge in [0.1, 0.15) is 0 Å². The standard InChI is InChI=1S/C13H24N4S/c1-10(14)11-8-18-12(15-11)17(4)9-13(16(2)3)6-5-7-13/h8,10H,5-7,9,14H2,1-4H3. The van der Waals surface area contributed by atoms with Crippen LogP contribution in [0.5, 0.6) is 0 Å². The molecule has 1 aliphatic rings. The van der Waals surface area contributed by atoms with Gasteiger partial charge in [-0.05, 0) is 40.3 Å². The molecule has 2 N–H and O–H groups in total. The van der Waals surface area contributed by atoms with E-state index in [1.165, 1.54) is 19.3 Å². The van der Waals surface area contributed by atoms with Gasteiger partial charge in [0.2, 0.25) is 0 Å². The van der Waals surface area contributed by atoms with Crippen molar-refractivity contribution in [2.24, 2.45) is 5.73 Å². The fraction of sp³-hybridized carbons (Fsp3) is 0.769. The Kier molecular flexibility index (Phi) is 3.94. The summed E-state index contributed by atoms with van der Waals surface area (Å²) >= 11 is 1.69. The van der Waals surface area contributed by atoms with E-state index in [2.05, 4.69) is 41.3 Å². The molecule has 1 fully saturated rings.